The molecule has 0 aliphatic carbocycles. The van der Waals surface area contributed by atoms with E-state index in [1.54, 1.807) is 0 Å². The third-order valence-corrected chi connectivity index (χ3v) is 5.55. The molecule has 1 N–H and O–H groups in total. The Morgan fingerprint density at radius 1 is 0.429 bits per heavy atom. The van der Waals surface area contributed by atoms with E-state index >= 15 is 0 Å². The van der Waals surface area contributed by atoms with Crippen molar-refractivity contribution in [3.63, 3.8) is 0 Å². The number of nitrogens with one attached hydrogen (secondary N) is 1. The zero-order valence-corrected chi connectivity index (χ0v) is 22.4. The third-order valence-electron chi connectivity index (χ3n) is 4.99. The Hall–Kier alpha value is 0.730. The summed E-state index contributed by atoms with van der Waals surface area (Å²) >= 11 is 3.50. The summed E-state index contributed by atoms with van der Waals surface area (Å²) in [7, 11) is 6.25. The normalized spacial score (nSPS) is 10.5. The lowest BCUT2D eigenvalue weighted by molar-refractivity contribution is -0.836. The number of unbranched alkanes of at least 4 members (excludes halogenated alkanes) is 19. The topological polar surface area (TPSA) is 4.44 Å². The van der Waals surface area contributed by atoms with Crippen LogP contribution in [0.1, 0.15) is 135 Å². The van der Waals surface area contributed by atoms with Crippen molar-refractivity contribution in [1.82, 2.24) is 0 Å². The predicted molar refractivity (Wildman–Crippen MR) is 131 cm³/mol. The first-order valence-corrected chi connectivity index (χ1v) is 13.6. The molecule has 0 aromatic rings. The van der Waals surface area contributed by atoms with Crippen molar-refractivity contribution in [2.75, 3.05) is 26.5 Å². The van der Waals surface area contributed by atoms with Crippen LogP contribution < -0.4 is 17.3 Å². The summed E-state index contributed by atoms with van der Waals surface area (Å²) < 4.78 is 0. The van der Waals surface area contributed by atoms with Gasteiger partial charge >= 0.3 is 0 Å². The summed E-state index contributed by atoms with van der Waals surface area (Å²) in [6.45, 7) is 2.30. The van der Waals surface area contributed by atoms with E-state index < -0.39 is 0 Å². The Kier molecular flexibility index (Phi) is 38.6. The predicted octanol–water partition coefficient (Wildman–Crippen LogP) is 4.97. The van der Waals surface area contributed by atoms with Gasteiger partial charge in [-0.2, -0.15) is 0 Å². The summed E-state index contributed by atoms with van der Waals surface area (Å²) in [6.07, 6.45) is 29.3. The Labute approximate surface area is 194 Å². The van der Waals surface area contributed by atoms with Crippen LogP contribution in [0, 0.1) is 0 Å². The highest BCUT2D eigenvalue weighted by Gasteiger charge is 1.95. The van der Waals surface area contributed by atoms with Crippen molar-refractivity contribution < 1.29 is 17.3 Å². The van der Waals surface area contributed by atoms with Gasteiger partial charge in [-0.3, -0.25) is 0 Å². The maximum absolute atomic E-state index is 3.50. The lowest BCUT2D eigenvalue weighted by atomic mass is 10.0. The van der Waals surface area contributed by atoms with E-state index in [2.05, 4.69) is 44.0 Å². The fourth-order valence-electron chi connectivity index (χ4n) is 3.35. The Bertz CT molecular complexity index is 214. The van der Waals surface area contributed by atoms with Gasteiger partial charge in [0.25, 0.3) is 0 Å². The number of alkyl halides is 1. The van der Waals surface area contributed by atoms with Gasteiger partial charge in [0.15, 0.2) is 0 Å². The number of hydrogen-bond acceptors (Lipinski definition) is 0. The first-order chi connectivity index (χ1) is 13.1. The standard InChI is InChI=1S/C22H45Br.C3H9N.ClH/c1-2-3-4-5-6-7-8-9-10-11-12-13-14-15-16-17-18-19-20-21-22-23;1-4(2)3;/h2-22H2,1H3;1-3H3;1H. The van der Waals surface area contributed by atoms with Crippen molar-refractivity contribution in [1.29, 1.82) is 0 Å². The first-order valence-electron chi connectivity index (χ1n) is 12.5. The molecule has 0 aromatic heterocycles. The molecule has 0 aliphatic rings. The van der Waals surface area contributed by atoms with Gasteiger partial charge in [-0.15, -0.1) is 0 Å². The van der Waals surface area contributed by atoms with Crippen molar-refractivity contribution in [3.8, 4) is 0 Å². The molecule has 0 amide bonds. The molecule has 0 atom stereocenters. The van der Waals surface area contributed by atoms with E-state index in [0.717, 1.165) is 0 Å². The molecular formula is C25H55BrClN. The van der Waals surface area contributed by atoms with E-state index in [1.165, 1.54) is 139 Å². The molecule has 0 saturated carbocycles. The summed E-state index contributed by atoms with van der Waals surface area (Å²) in [4.78, 5) is 1.42. The molecule has 0 bridgehead atoms. The second-order valence-electron chi connectivity index (χ2n) is 8.91. The van der Waals surface area contributed by atoms with Crippen molar-refractivity contribution >= 4 is 15.9 Å². The van der Waals surface area contributed by atoms with Crippen molar-refractivity contribution in [2.24, 2.45) is 0 Å². The van der Waals surface area contributed by atoms with Crippen LogP contribution in [0.2, 0.25) is 0 Å². The minimum atomic E-state index is 0. The zero-order valence-electron chi connectivity index (χ0n) is 20.1. The van der Waals surface area contributed by atoms with Gasteiger partial charge in [0.05, 0.1) is 21.1 Å². The SMILES string of the molecule is CCCCCCCCCCCCCCCCCCCCCCBr.C[NH+](C)C.[Cl-]. The maximum atomic E-state index is 3.50. The number of halogens is 2. The summed E-state index contributed by atoms with van der Waals surface area (Å²) in [5.74, 6) is 0. The van der Waals surface area contributed by atoms with Crippen molar-refractivity contribution in [3.05, 3.63) is 0 Å². The van der Waals surface area contributed by atoms with Crippen LogP contribution in [-0.4, -0.2) is 26.5 Å². The molecule has 0 fully saturated rings. The van der Waals surface area contributed by atoms with Gasteiger partial charge in [0.1, 0.15) is 0 Å². The number of hydrogen-bond donors (Lipinski definition) is 1. The monoisotopic (exact) mass is 483 g/mol. The average Bonchev–Trinajstić information content (AvgIpc) is 2.63. The van der Waals surface area contributed by atoms with E-state index in [0.29, 0.717) is 0 Å². The van der Waals surface area contributed by atoms with Crippen LogP contribution in [0.15, 0.2) is 0 Å². The summed E-state index contributed by atoms with van der Waals surface area (Å²) in [5.41, 5.74) is 0. The van der Waals surface area contributed by atoms with Crippen LogP contribution in [0.25, 0.3) is 0 Å². The van der Waals surface area contributed by atoms with Crippen molar-refractivity contribution in [2.45, 2.75) is 135 Å². The molecule has 0 rings (SSSR count). The van der Waals surface area contributed by atoms with E-state index in [-0.39, 0.29) is 12.4 Å². The second kappa shape index (κ2) is 32.4. The number of quaternary nitrogens is 1. The number of rotatable bonds is 20. The van der Waals surface area contributed by atoms with Crippen LogP contribution in [0.5, 0.6) is 0 Å². The van der Waals surface area contributed by atoms with Gasteiger partial charge < -0.3 is 17.3 Å². The second-order valence-corrected chi connectivity index (χ2v) is 9.70. The van der Waals surface area contributed by atoms with Gasteiger partial charge in [-0.1, -0.05) is 145 Å². The molecule has 0 radical (unpaired) electrons. The van der Waals surface area contributed by atoms with Crippen LogP contribution in [0.4, 0.5) is 0 Å². The van der Waals surface area contributed by atoms with Gasteiger partial charge in [0, 0.05) is 5.33 Å². The Morgan fingerprint density at radius 2 is 0.607 bits per heavy atom. The minimum Gasteiger partial charge on any atom is -1.00 e. The van der Waals surface area contributed by atoms with Gasteiger partial charge in [-0.05, 0) is 6.42 Å². The van der Waals surface area contributed by atoms with E-state index in [4.69, 9.17) is 0 Å². The fraction of sp³-hybridized carbons (Fsp3) is 1.00. The molecule has 0 unspecified atom stereocenters. The van der Waals surface area contributed by atoms with Crippen LogP contribution >= 0.6 is 15.9 Å². The largest absolute Gasteiger partial charge is 1.00 e. The molecule has 3 heteroatoms. The lowest BCUT2D eigenvalue weighted by Gasteiger charge is -2.03. The highest BCUT2D eigenvalue weighted by Crippen LogP contribution is 2.14. The molecular weight excluding hydrogens is 430 g/mol. The smallest absolute Gasteiger partial charge is 0.0661 e. The van der Waals surface area contributed by atoms with E-state index in [1.807, 2.05) is 0 Å². The zero-order chi connectivity index (χ0) is 20.4. The highest BCUT2D eigenvalue weighted by molar-refractivity contribution is 9.09. The molecule has 28 heavy (non-hydrogen) atoms. The average molecular weight is 485 g/mol. The Morgan fingerprint density at radius 3 is 0.786 bits per heavy atom. The molecule has 0 saturated heterocycles. The van der Waals surface area contributed by atoms with Crippen LogP contribution in [-0.2, 0) is 0 Å². The summed E-state index contributed by atoms with van der Waals surface area (Å²) in [6, 6.07) is 0. The third kappa shape index (κ3) is 41.2. The fourth-order valence-corrected chi connectivity index (χ4v) is 3.75. The van der Waals surface area contributed by atoms with Crippen LogP contribution in [0.3, 0.4) is 0 Å². The molecule has 1 nitrogen and oxygen atoms in total. The van der Waals surface area contributed by atoms with Gasteiger partial charge in [-0.25, -0.2) is 0 Å². The summed E-state index contributed by atoms with van der Waals surface area (Å²) in [5, 5.41) is 1.19. The molecule has 0 aromatic carbocycles. The molecule has 0 heterocycles. The quantitative estimate of drug-likeness (QED) is 0.184. The molecule has 174 valence electrons. The lowest BCUT2D eigenvalue weighted by Crippen LogP contribution is -3.02. The highest BCUT2D eigenvalue weighted by atomic mass is 79.9. The maximum Gasteiger partial charge on any atom is 0.0661 e. The Balaban J connectivity index is -0.00000113. The first kappa shape index (κ1) is 33.4. The van der Waals surface area contributed by atoms with Gasteiger partial charge in [0.2, 0.25) is 0 Å². The van der Waals surface area contributed by atoms with E-state index in [9.17, 15) is 0 Å². The molecule has 0 aliphatic heterocycles. The minimum absolute atomic E-state index is 0. The molecule has 0 spiro atoms.